The zero-order chi connectivity index (χ0) is 13.6. The van der Waals surface area contributed by atoms with Crippen LogP contribution in [0.5, 0.6) is 11.5 Å². The summed E-state index contributed by atoms with van der Waals surface area (Å²) in [5.41, 5.74) is 0.158. The summed E-state index contributed by atoms with van der Waals surface area (Å²) in [5, 5.41) is 3.43. The van der Waals surface area contributed by atoms with Crippen LogP contribution < -0.4 is 14.8 Å². The van der Waals surface area contributed by atoms with E-state index in [-0.39, 0.29) is 5.54 Å². The Morgan fingerprint density at radius 1 is 1.28 bits per heavy atom. The van der Waals surface area contributed by atoms with E-state index in [2.05, 4.69) is 42.0 Å². The highest BCUT2D eigenvalue weighted by molar-refractivity contribution is 9.10. The minimum atomic E-state index is 0.158. The van der Waals surface area contributed by atoms with Crippen molar-refractivity contribution in [2.75, 3.05) is 20.3 Å². The van der Waals surface area contributed by atoms with Crippen LogP contribution >= 0.6 is 15.9 Å². The van der Waals surface area contributed by atoms with Gasteiger partial charge in [0.05, 0.1) is 18.2 Å². The van der Waals surface area contributed by atoms with E-state index >= 15 is 0 Å². The molecule has 1 aromatic rings. The van der Waals surface area contributed by atoms with E-state index in [4.69, 9.17) is 9.47 Å². The molecular weight excluding hydrogens is 294 g/mol. The van der Waals surface area contributed by atoms with Crippen molar-refractivity contribution < 1.29 is 9.47 Å². The molecule has 0 heterocycles. The van der Waals surface area contributed by atoms with Gasteiger partial charge in [-0.1, -0.05) is 6.07 Å². The molecule has 0 saturated carbocycles. The molecule has 0 saturated heterocycles. The molecule has 0 atom stereocenters. The molecule has 4 heteroatoms. The lowest BCUT2D eigenvalue weighted by atomic mass is 10.1. The number of nitrogens with one attached hydrogen (secondary N) is 1. The lowest BCUT2D eigenvalue weighted by molar-refractivity contribution is 0.279. The largest absolute Gasteiger partial charge is 0.493 e. The topological polar surface area (TPSA) is 30.5 Å². The van der Waals surface area contributed by atoms with Gasteiger partial charge >= 0.3 is 0 Å². The standard InChI is InChI=1S/C14H22BrNO2/c1-14(2,3)16-9-6-10-18-13-11(15)7-5-8-12(13)17-4/h5,7-8,16H,6,9-10H2,1-4H3. The third-order valence-electron chi connectivity index (χ3n) is 2.37. The van der Waals surface area contributed by atoms with Crippen LogP contribution in [0.2, 0.25) is 0 Å². The number of hydrogen-bond acceptors (Lipinski definition) is 3. The van der Waals surface area contributed by atoms with Gasteiger partial charge in [0.25, 0.3) is 0 Å². The third-order valence-corrected chi connectivity index (χ3v) is 3.00. The van der Waals surface area contributed by atoms with Crippen molar-refractivity contribution >= 4 is 15.9 Å². The molecule has 0 radical (unpaired) electrons. The average molecular weight is 316 g/mol. The Balaban J connectivity index is 2.40. The van der Waals surface area contributed by atoms with Crippen LogP contribution in [0, 0.1) is 0 Å². The Kier molecular flexibility index (Phi) is 5.96. The second-order valence-electron chi connectivity index (χ2n) is 5.15. The number of hydrogen-bond donors (Lipinski definition) is 1. The predicted octanol–water partition coefficient (Wildman–Crippen LogP) is 3.61. The average Bonchev–Trinajstić information content (AvgIpc) is 2.29. The third kappa shape index (κ3) is 5.27. The van der Waals surface area contributed by atoms with Gasteiger partial charge in [-0.15, -0.1) is 0 Å². The SMILES string of the molecule is COc1cccc(Br)c1OCCCNC(C)(C)C. The van der Waals surface area contributed by atoms with Crippen molar-refractivity contribution in [2.24, 2.45) is 0 Å². The molecule has 0 fully saturated rings. The van der Waals surface area contributed by atoms with E-state index < -0.39 is 0 Å². The number of methoxy groups -OCH3 is 1. The summed E-state index contributed by atoms with van der Waals surface area (Å²) in [4.78, 5) is 0. The number of ether oxygens (including phenoxy) is 2. The number of halogens is 1. The van der Waals surface area contributed by atoms with Crippen LogP contribution in [0.4, 0.5) is 0 Å². The number of para-hydroxylation sites is 1. The molecule has 3 nitrogen and oxygen atoms in total. The highest BCUT2D eigenvalue weighted by Gasteiger charge is 2.09. The molecular formula is C14H22BrNO2. The van der Waals surface area contributed by atoms with E-state index in [1.54, 1.807) is 7.11 Å². The van der Waals surface area contributed by atoms with Gasteiger partial charge in [0.1, 0.15) is 0 Å². The molecule has 0 unspecified atom stereocenters. The fraction of sp³-hybridized carbons (Fsp3) is 0.571. The molecule has 1 rings (SSSR count). The highest BCUT2D eigenvalue weighted by Crippen LogP contribution is 2.34. The molecule has 102 valence electrons. The maximum absolute atomic E-state index is 5.76. The summed E-state index contributed by atoms with van der Waals surface area (Å²) in [7, 11) is 1.65. The van der Waals surface area contributed by atoms with Gasteiger partial charge in [-0.25, -0.2) is 0 Å². The van der Waals surface area contributed by atoms with Crippen molar-refractivity contribution in [1.82, 2.24) is 5.32 Å². The van der Waals surface area contributed by atoms with Gasteiger partial charge in [-0.2, -0.15) is 0 Å². The Labute approximate surface area is 118 Å². The van der Waals surface area contributed by atoms with Gasteiger partial charge < -0.3 is 14.8 Å². The van der Waals surface area contributed by atoms with E-state index in [9.17, 15) is 0 Å². The highest BCUT2D eigenvalue weighted by atomic mass is 79.9. The zero-order valence-corrected chi connectivity index (χ0v) is 13.1. The summed E-state index contributed by atoms with van der Waals surface area (Å²) >= 11 is 3.47. The second kappa shape index (κ2) is 7.00. The van der Waals surface area contributed by atoms with Crippen LogP contribution in [0.3, 0.4) is 0 Å². The van der Waals surface area contributed by atoms with Crippen molar-refractivity contribution in [2.45, 2.75) is 32.7 Å². The van der Waals surface area contributed by atoms with E-state index in [1.807, 2.05) is 18.2 Å². The minimum absolute atomic E-state index is 0.158. The first-order valence-corrected chi connectivity index (χ1v) is 6.93. The quantitative estimate of drug-likeness (QED) is 0.813. The lowest BCUT2D eigenvalue weighted by Crippen LogP contribution is -2.36. The van der Waals surface area contributed by atoms with Crippen molar-refractivity contribution in [3.8, 4) is 11.5 Å². The van der Waals surface area contributed by atoms with Gasteiger partial charge in [-0.3, -0.25) is 0 Å². The summed E-state index contributed by atoms with van der Waals surface area (Å²) in [5.74, 6) is 1.53. The normalized spacial score (nSPS) is 11.4. The van der Waals surface area contributed by atoms with E-state index in [0.29, 0.717) is 6.61 Å². The number of benzene rings is 1. The Hall–Kier alpha value is -0.740. The molecule has 0 aromatic heterocycles. The predicted molar refractivity (Wildman–Crippen MR) is 78.6 cm³/mol. The molecule has 0 aliphatic heterocycles. The molecule has 0 aliphatic rings. The van der Waals surface area contributed by atoms with Gasteiger partial charge in [0.15, 0.2) is 11.5 Å². The maximum atomic E-state index is 5.76. The summed E-state index contributed by atoms with van der Waals surface area (Å²) in [6.07, 6.45) is 0.960. The molecule has 1 N–H and O–H groups in total. The maximum Gasteiger partial charge on any atom is 0.175 e. The van der Waals surface area contributed by atoms with Crippen LogP contribution in [-0.4, -0.2) is 25.8 Å². The van der Waals surface area contributed by atoms with Crippen molar-refractivity contribution in [3.63, 3.8) is 0 Å². The fourth-order valence-electron chi connectivity index (χ4n) is 1.50. The van der Waals surface area contributed by atoms with Crippen molar-refractivity contribution in [3.05, 3.63) is 22.7 Å². The summed E-state index contributed by atoms with van der Waals surface area (Å²) in [6.45, 7) is 8.08. The Morgan fingerprint density at radius 3 is 2.61 bits per heavy atom. The van der Waals surface area contributed by atoms with Gasteiger partial charge in [-0.05, 0) is 61.8 Å². The van der Waals surface area contributed by atoms with Crippen LogP contribution in [0.15, 0.2) is 22.7 Å². The van der Waals surface area contributed by atoms with Crippen LogP contribution in [0.25, 0.3) is 0 Å². The monoisotopic (exact) mass is 315 g/mol. The molecule has 1 aromatic carbocycles. The molecule has 0 aliphatic carbocycles. The number of rotatable bonds is 6. The smallest absolute Gasteiger partial charge is 0.175 e. The molecule has 0 bridgehead atoms. The molecule has 18 heavy (non-hydrogen) atoms. The first-order valence-electron chi connectivity index (χ1n) is 6.14. The minimum Gasteiger partial charge on any atom is -0.493 e. The Bertz CT molecular complexity index is 375. The fourth-order valence-corrected chi connectivity index (χ4v) is 1.96. The first kappa shape index (κ1) is 15.3. The first-order chi connectivity index (χ1) is 8.44. The van der Waals surface area contributed by atoms with Gasteiger partial charge in [0, 0.05) is 5.54 Å². The van der Waals surface area contributed by atoms with E-state index in [1.165, 1.54) is 0 Å². The van der Waals surface area contributed by atoms with Crippen molar-refractivity contribution in [1.29, 1.82) is 0 Å². The second-order valence-corrected chi connectivity index (χ2v) is 6.00. The zero-order valence-electron chi connectivity index (χ0n) is 11.5. The van der Waals surface area contributed by atoms with Crippen LogP contribution in [-0.2, 0) is 0 Å². The summed E-state index contributed by atoms with van der Waals surface area (Å²) in [6, 6.07) is 5.77. The lowest BCUT2D eigenvalue weighted by Gasteiger charge is -2.20. The molecule has 0 amide bonds. The Morgan fingerprint density at radius 2 is 2.00 bits per heavy atom. The summed E-state index contributed by atoms with van der Waals surface area (Å²) < 4.78 is 12.0. The molecule has 0 spiro atoms. The van der Waals surface area contributed by atoms with Crippen LogP contribution in [0.1, 0.15) is 27.2 Å². The van der Waals surface area contributed by atoms with Gasteiger partial charge in [0.2, 0.25) is 0 Å². The van der Waals surface area contributed by atoms with E-state index in [0.717, 1.165) is 28.9 Å².